The highest BCUT2D eigenvalue weighted by atomic mass is 35.5. The standard InChI is InChI=1S/C17H26ClNO/c1-17(2,3)16(8-10-18)19-12-13-9-11-20-15-7-5-4-6-14(13)15/h4-7,13,16,19H,8-12H2,1-3H3. The first-order chi connectivity index (χ1) is 9.52. The number of halogens is 1. The van der Waals surface area contributed by atoms with Gasteiger partial charge in [0.25, 0.3) is 0 Å². The highest BCUT2D eigenvalue weighted by Crippen LogP contribution is 2.33. The average Bonchev–Trinajstić information content (AvgIpc) is 2.42. The van der Waals surface area contributed by atoms with E-state index in [1.165, 1.54) is 5.56 Å². The summed E-state index contributed by atoms with van der Waals surface area (Å²) in [6.45, 7) is 8.64. The van der Waals surface area contributed by atoms with Crippen molar-refractivity contribution in [2.24, 2.45) is 5.41 Å². The van der Waals surface area contributed by atoms with Crippen LogP contribution in [0.5, 0.6) is 5.75 Å². The number of hydrogen-bond acceptors (Lipinski definition) is 2. The summed E-state index contributed by atoms with van der Waals surface area (Å²) in [5, 5.41) is 3.73. The van der Waals surface area contributed by atoms with Gasteiger partial charge in [-0.15, -0.1) is 11.6 Å². The van der Waals surface area contributed by atoms with Crippen LogP contribution >= 0.6 is 11.6 Å². The van der Waals surface area contributed by atoms with Crippen LogP contribution in [0.3, 0.4) is 0 Å². The Labute approximate surface area is 127 Å². The Hall–Kier alpha value is -0.730. The van der Waals surface area contributed by atoms with Gasteiger partial charge in [-0.1, -0.05) is 39.0 Å². The summed E-state index contributed by atoms with van der Waals surface area (Å²) in [5.41, 5.74) is 1.57. The molecule has 0 aromatic heterocycles. The lowest BCUT2D eigenvalue weighted by atomic mass is 9.84. The third-order valence-electron chi connectivity index (χ3n) is 4.14. The molecule has 0 bridgehead atoms. The Morgan fingerprint density at radius 3 is 2.80 bits per heavy atom. The monoisotopic (exact) mass is 295 g/mol. The van der Waals surface area contributed by atoms with Gasteiger partial charge in [-0.3, -0.25) is 0 Å². The Balaban J connectivity index is 2.00. The van der Waals surface area contributed by atoms with Gasteiger partial charge in [0.05, 0.1) is 6.61 Å². The second-order valence-corrected chi connectivity index (χ2v) is 7.05. The molecule has 20 heavy (non-hydrogen) atoms. The largest absolute Gasteiger partial charge is 0.493 e. The lowest BCUT2D eigenvalue weighted by molar-refractivity contribution is 0.234. The van der Waals surface area contributed by atoms with Crippen LogP contribution in [-0.4, -0.2) is 25.1 Å². The SMILES string of the molecule is CC(C)(C)C(CCCl)NCC1CCOc2ccccc21. The molecule has 2 unspecified atom stereocenters. The smallest absolute Gasteiger partial charge is 0.122 e. The fourth-order valence-corrected chi connectivity index (χ4v) is 3.08. The van der Waals surface area contributed by atoms with Gasteiger partial charge in [0.15, 0.2) is 0 Å². The summed E-state index contributed by atoms with van der Waals surface area (Å²) in [5.74, 6) is 2.30. The molecular weight excluding hydrogens is 270 g/mol. The molecule has 1 N–H and O–H groups in total. The van der Waals surface area contributed by atoms with Crippen LogP contribution in [0.2, 0.25) is 0 Å². The van der Waals surface area contributed by atoms with Crippen molar-refractivity contribution in [1.82, 2.24) is 5.32 Å². The third-order valence-corrected chi connectivity index (χ3v) is 4.35. The molecule has 1 aliphatic heterocycles. The average molecular weight is 296 g/mol. The molecular formula is C17H26ClNO. The maximum absolute atomic E-state index is 5.94. The summed E-state index contributed by atoms with van der Waals surface area (Å²) in [4.78, 5) is 0. The molecule has 2 nitrogen and oxygen atoms in total. The van der Waals surface area contributed by atoms with E-state index >= 15 is 0 Å². The Bertz CT molecular complexity index is 427. The summed E-state index contributed by atoms with van der Waals surface area (Å²) in [6.07, 6.45) is 2.09. The first-order valence-electron chi connectivity index (χ1n) is 7.53. The minimum Gasteiger partial charge on any atom is -0.493 e. The van der Waals surface area contributed by atoms with Gasteiger partial charge >= 0.3 is 0 Å². The number of alkyl halides is 1. The molecule has 1 aliphatic rings. The van der Waals surface area contributed by atoms with Crippen LogP contribution in [0.15, 0.2) is 24.3 Å². The zero-order valence-corrected chi connectivity index (χ0v) is 13.5. The van der Waals surface area contributed by atoms with Gasteiger partial charge in [0.1, 0.15) is 5.75 Å². The van der Waals surface area contributed by atoms with Gasteiger partial charge in [-0.05, 0) is 29.9 Å². The molecule has 1 aromatic carbocycles. The van der Waals surface area contributed by atoms with Crippen LogP contribution in [0.25, 0.3) is 0 Å². The maximum atomic E-state index is 5.94. The molecule has 0 saturated carbocycles. The number of benzene rings is 1. The van der Waals surface area contributed by atoms with Crippen molar-refractivity contribution >= 4 is 11.6 Å². The molecule has 0 spiro atoms. The van der Waals surface area contributed by atoms with E-state index in [0.29, 0.717) is 17.8 Å². The molecule has 1 heterocycles. The molecule has 0 aliphatic carbocycles. The molecule has 1 aromatic rings. The topological polar surface area (TPSA) is 21.3 Å². The molecule has 2 atom stereocenters. The summed E-state index contributed by atoms with van der Waals surface area (Å²) in [6, 6.07) is 8.85. The van der Waals surface area contributed by atoms with Gasteiger partial charge in [0.2, 0.25) is 0 Å². The van der Waals surface area contributed by atoms with Crippen LogP contribution in [0.4, 0.5) is 0 Å². The van der Waals surface area contributed by atoms with E-state index in [1.807, 2.05) is 6.07 Å². The van der Waals surface area contributed by atoms with E-state index in [-0.39, 0.29) is 5.41 Å². The number of nitrogens with one attached hydrogen (secondary N) is 1. The summed E-state index contributed by atoms with van der Waals surface area (Å²) < 4.78 is 5.73. The zero-order chi connectivity index (χ0) is 14.6. The molecule has 0 radical (unpaired) electrons. The van der Waals surface area contributed by atoms with Crippen LogP contribution in [0, 0.1) is 5.41 Å². The van der Waals surface area contributed by atoms with E-state index in [2.05, 4.69) is 44.3 Å². The molecule has 0 amide bonds. The second-order valence-electron chi connectivity index (χ2n) is 6.68. The van der Waals surface area contributed by atoms with E-state index in [9.17, 15) is 0 Å². The molecule has 0 fully saturated rings. The Morgan fingerprint density at radius 1 is 1.35 bits per heavy atom. The van der Waals surface area contributed by atoms with Crippen molar-refractivity contribution in [3.05, 3.63) is 29.8 Å². The highest BCUT2D eigenvalue weighted by Gasteiger charge is 2.26. The van der Waals surface area contributed by atoms with E-state index in [1.54, 1.807) is 0 Å². The van der Waals surface area contributed by atoms with Crippen LogP contribution in [0.1, 0.15) is 45.1 Å². The van der Waals surface area contributed by atoms with Crippen molar-refractivity contribution in [3.63, 3.8) is 0 Å². The quantitative estimate of drug-likeness (QED) is 0.823. The maximum Gasteiger partial charge on any atom is 0.122 e. The third kappa shape index (κ3) is 3.89. The normalized spacial score (nSPS) is 20.1. The minimum atomic E-state index is 0.236. The number of fused-ring (bicyclic) bond motifs is 1. The predicted octanol–water partition coefficient (Wildman–Crippen LogP) is 4.19. The summed E-state index contributed by atoms with van der Waals surface area (Å²) >= 11 is 5.94. The first-order valence-corrected chi connectivity index (χ1v) is 8.07. The second kappa shape index (κ2) is 6.82. The van der Waals surface area contributed by atoms with E-state index < -0.39 is 0 Å². The molecule has 112 valence electrons. The lowest BCUT2D eigenvalue weighted by Gasteiger charge is -2.34. The molecule has 3 heteroatoms. The van der Waals surface area contributed by atoms with Crippen LogP contribution < -0.4 is 10.1 Å². The summed E-state index contributed by atoms with van der Waals surface area (Å²) in [7, 11) is 0. The van der Waals surface area contributed by atoms with E-state index in [4.69, 9.17) is 16.3 Å². The van der Waals surface area contributed by atoms with E-state index in [0.717, 1.165) is 31.7 Å². The van der Waals surface area contributed by atoms with Crippen molar-refractivity contribution in [2.75, 3.05) is 19.0 Å². The van der Waals surface area contributed by atoms with Crippen molar-refractivity contribution in [3.8, 4) is 5.75 Å². The fraction of sp³-hybridized carbons (Fsp3) is 0.647. The first kappa shape index (κ1) is 15.7. The van der Waals surface area contributed by atoms with Crippen molar-refractivity contribution in [1.29, 1.82) is 0 Å². The molecule has 2 rings (SSSR count). The zero-order valence-electron chi connectivity index (χ0n) is 12.8. The predicted molar refractivity (Wildman–Crippen MR) is 85.9 cm³/mol. The number of ether oxygens (including phenoxy) is 1. The number of rotatable bonds is 5. The van der Waals surface area contributed by atoms with Gasteiger partial charge < -0.3 is 10.1 Å². The number of hydrogen-bond donors (Lipinski definition) is 1. The van der Waals surface area contributed by atoms with Crippen molar-refractivity contribution in [2.45, 2.75) is 45.6 Å². The molecule has 0 saturated heterocycles. The Morgan fingerprint density at radius 2 is 2.10 bits per heavy atom. The highest BCUT2D eigenvalue weighted by molar-refractivity contribution is 6.17. The fourth-order valence-electron chi connectivity index (χ4n) is 2.86. The minimum absolute atomic E-state index is 0.236. The van der Waals surface area contributed by atoms with Crippen LogP contribution in [-0.2, 0) is 0 Å². The van der Waals surface area contributed by atoms with Crippen molar-refractivity contribution < 1.29 is 4.74 Å². The Kier molecular flexibility index (Phi) is 5.34. The van der Waals surface area contributed by atoms with Gasteiger partial charge in [-0.25, -0.2) is 0 Å². The number of para-hydroxylation sites is 1. The lowest BCUT2D eigenvalue weighted by Crippen LogP contribution is -2.43. The van der Waals surface area contributed by atoms with Gasteiger partial charge in [0, 0.05) is 24.4 Å². The van der Waals surface area contributed by atoms with Gasteiger partial charge in [-0.2, -0.15) is 0 Å².